The second kappa shape index (κ2) is 1.87. The summed E-state index contributed by atoms with van der Waals surface area (Å²) in [7, 11) is 0. The Labute approximate surface area is 56.8 Å². The van der Waals surface area contributed by atoms with E-state index in [9.17, 15) is 13.2 Å². The maximum Gasteiger partial charge on any atom is 0.417 e. The van der Waals surface area contributed by atoms with Gasteiger partial charge in [0, 0.05) is 0 Å². The molecule has 0 bridgehead atoms. The molecule has 0 aromatic rings. The van der Waals surface area contributed by atoms with Gasteiger partial charge >= 0.3 is 6.18 Å². The van der Waals surface area contributed by atoms with E-state index < -0.39 is 11.8 Å². The molecule has 0 radical (unpaired) electrons. The summed E-state index contributed by atoms with van der Waals surface area (Å²) in [5, 5.41) is 8.79. The fourth-order valence-electron chi connectivity index (χ4n) is 1.32. The van der Waals surface area contributed by atoms with Crippen LogP contribution in [0.5, 0.6) is 0 Å². The van der Waals surface area contributed by atoms with Crippen molar-refractivity contribution in [2.45, 2.75) is 31.5 Å². The summed E-state index contributed by atoms with van der Waals surface area (Å²) < 4.78 is 35.4. The van der Waals surface area contributed by atoms with Crippen molar-refractivity contribution in [3.05, 3.63) is 0 Å². The van der Waals surface area contributed by atoms with Crippen molar-refractivity contribution >= 4 is 0 Å². The molecule has 0 aliphatic heterocycles. The van der Waals surface area contributed by atoms with Crippen LogP contribution in [0.2, 0.25) is 0 Å². The zero-order valence-electron chi connectivity index (χ0n) is 5.57. The molecule has 1 nitrogen and oxygen atoms in total. The summed E-state index contributed by atoms with van der Waals surface area (Å²) in [4.78, 5) is 0. The molecule has 1 saturated carbocycles. The van der Waals surface area contributed by atoms with Crippen molar-refractivity contribution in [3.8, 4) is 0 Å². The number of hydrogen-bond donors (Lipinski definition) is 1. The number of halogens is 3. The summed E-state index contributed by atoms with van der Waals surface area (Å²) in [6, 6.07) is 0. The van der Waals surface area contributed by atoms with Gasteiger partial charge in [0.25, 0.3) is 0 Å². The molecule has 0 atom stereocenters. The highest BCUT2D eigenvalue weighted by atomic mass is 19.4. The second-order valence-electron chi connectivity index (χ2n) is 3.04. The van der Waals surface area contributed by atoms with Crippen molar-refractivity contribution in [2.24, 2.45) is 5.92 Å². The topological polar surface area (TPSA) is 20.2 Å². The third-order valence-electron chi connectivity index (χ3n) is 1.90. The number of aliphatic hydroxyl groups is 1. The first-order valence-corrected chi connectivity index (χ1v) is 3.14. The molecular weight excluding hydrogens is 145 g/mol. The van der Waals surface area contributed by atoms with Crippen molar-refractivity contribution in [3.63, 3.8) is 0 Å². The predicted molar refractivity (Wildman–Crippen MR) is 29.4 cm³/mol. The molecule has 0 aromatic carbocycles. The molecule has 1 rings (SSSR count). The summed E-state index contributed by atoms with van der Waals surface area (Å²) in [6.07, 6.45) is -4.72. The van der Waals surface area contributed by atoms with Crippen LogP contribution in [0.4, 0.5) is 13.2 Å². The van der Waals surface area contributed by atoms with Crippen LogP contribution in [0, 0.1) is 5.92 Å². The number of hydrogen-bond acceptors (Lipinski definition) is 1. The van der Waals surface area contributed by atoms with Gasteiger partial charge in [-0.3, -0.25) is 0 Å². The smallest absolute Gasteiger partial charge is 0.380 e. The van der Waals surface area contributed by atoms with Crippen LogP contribution in [-0.2, 0) is 0 Å². The van der Waals surface area contributed by atoms with Gasteiger partial charge in [-0.15, -0.1) is 0 Å². The van der Waals surface area contributed by atoms with Crippen molar-refractivity contribution in [1.82, 2.24) is 0 Å². The molecule has 0 amide bonds. The lowest BCUT2D eigenvalue weighted by Crippen LogP contribution is -2.54. The van der Waals surface area contributed by atoms with E-state index >= 15 is 0 Å². The Bertz CT molecular complexity index is 134. The number of alkyl halides is 3. The largest absolute Gasteiger partial charge is 0.417 e. The van der Waals surface area contributed by atoms with Gasteiger partial charge in [-0.05, 0) is 18.8 Å². The summed E-state index contributed by atoms with van der Waals surface area (Å²) >= 11 is 0. The van der Waals surface area contributed by atoms with E-state index in [-0.39, 0.29) is 18.8 Å². The first kappa shape index (κ1) is 7.85. The van der Waals surface area contributed by atoms with Crippen LogP contribution < -0.4 is 0 Å². The highest BCUT2D eigenvalue weighted by Gasteiger charge is 2.59. The van der Waals surface area contributed by atoms with E-state index in [1.54, 1.807) is 6.92 Å². The first-order valence-electron chi connectivity index (χ1n) is 3.14. The maximum atomic E-state index is 11.8. The Hall–Kier alpha value is -0.250. The van der Waals surface area contributed by atoms with Gasteiger partial charge in [0.2, 0.25) is 0 Å². The molecule has 0 saturated heterocycles. The Morgan fingerprint density at radius 2 is 1.80 bits per heavy atom. The molecule has 10 heavy (non-hydrogen) atoms. The molecular formula is C6H9F3O. The van der Waals surface area contributed by atoms with Crippen LogP contribution in [0.3, 0.4) is 0 Å². The average Bonchev–Trinajstić information content (AvgIpc) is 1.58. The van der Waals surface area contributed by atoms with E-state index in [1.807, 2.05) is 0 Å². The van der Waals surface area contributed by atoms with Crippen LogP contribution in [-0.4, -0.2) is 16.9 Å². The van der Waals surface area contributed by atoms with E-state index in [2.05, 4.69) is 0 Å². The van der Waals surface area contributed by atoms with Crippen molar-refractivity contribution < 1.29 is 18.3 Å². The van der Waals surface area contributed by atoms with Crippen LogP contribution in [0.25, 0.3) is 0 Å². The molecule has 1 N–H and O–H groups in total. The minimum atomic E-state index is -4.43. The molecule has 1 fully saturated rings. The van der Waals surface area contributed by atoms with Gasteiger partial charge in [-0.2, -0.15) is 13.2 Å². The third kappa shape index (κ3) is 1.00. The summed E-state index contributed by atoms with van der Waals surface area (Å²) in [6.45, 7) is 1.69. The van der Waals surface area contributed by atoms with Crippen molar-refractivity contribution in [1.29, 1.82) is 0 Å². The maximum absolute atomic E-state index is 11.8. The van der Waals surface area contributed by atoms with E-state index in [0.717, 1.165) is 0 Å². The molecule has 0 unspecified atom stereocenters. The van der Waals surface area contributed by atoms with Crippen LogP contribution in [0.15, 0.2) is 0 Å². The van der Waals surface area contributed by atoms with Crippen LogP contribution in [0.1, 0.15) is 19.8 Å². The van der Waals surface area contributed by atoms with Gasteiger partial charge in [-0.25, -0.2) is 0 Å². The lowest BCUT2D eigenvalue weighted by molar-refractivity contribution is -0.297. The molecule has 0 aromatic heterocycles. The molecule has 1 aliphatic carbocycles. The summed E-state index contributed by atoms with van der Waals surface area (Å²) in [5.41, 5.74) is -2.37. The highest BCUT2D eigenvalue weighted by Crippen LogP contribution is 2.48. The van der Waals surface area contributed by atoms with Gasteiger partial charge < -0.3 is 5.11 Å². The average molecular weight is 154 g/mol. The Kier molecular flexibility index (Phi) is 1.47. The predicted octanol–water partition coefficient (Wildman–Crippen LogP) is 1.71. The fourth-order valence-corrected chi connectivity index (χ4v) is 1.32. The number of rotatable bonds is 0. The Balaban J connectivity index is 2.57. The zero-order chi connectivity index (χ0) is 7.99. The molecule has 1 aliphatic rings. The SMILES string of the molecule is CC1CC(O)(C(F)(F)F)C1. The van der Waals surface area contributed by atoms with Gasteiger partial charge in [0.15, 0.2) is 5.60 Å². The fraction of sp³-hybridized carbons (Fsp3) is 1.00. The van der Waals surface area contributed by atoms with E-state index in [1.165, 1.54) is 0 Å². The zero-order valence-corrected chi connectivity index (χ0v) is 5.57. The van der Waals surface area contributed by atoms with Gasteiger partial charge in [0.05, 0.1) is 0 Å². The van der Waals surface area contributed by atoms with E-state index in [0.29, 0.717) is 0 Å². The Morgan fingerprint density at radius 3 is 1.90 bits per heavy atom. The highest BCUT2D eigenvalue weighted by molar-refractivity contribution is 4.97. The lowest BCUT2D eigenvalue weighted by Gasteiger charge is -2.42. The molecule has 0 spiro atoms. The van der Waals surface area contributed by atoms with Crippen molar-refractivity contribution in [2.75, 3.05) is 0 Å². The van der Waals surface area contributed by atoms with E-state index in [4.69, 9.17) is 5.11 Å². The normalized spacial score (nSPS) is 41.1. The first-order chi connectivity index (χ1) is 4.35. The van der Waals surface area contributed by atoms with Crippen LogP contribution >= 0.6 is 0 Å². The minimum absolute atomic E-state index is 0.00613. The van der Waals surface area contributed by atoms with Gasteiger partial charge in [0.1, 0.15) is 0 Å². The lowest BCUT2D eigenvalue weighted by atomic mass is 9.71. The second-order valence-corrected chi connectivity index (χ2v) is 3.04. The van der Waals surface area contributed by atoms with Gasteiger partial charge in [-0.1, -0.05) is 6.92 Å². The molecule has 0 heterocycles. The quantitative estimate of drug-likeness (QED) is 0.563. The minimum Gasteiger partial charge on any atom is -0.380 e. The standard InChI is InChI=1S/C6H9F3O/c1-4-2-5(10,3-4)6(7,8)9/h4,10H,2-3H2,1H3. The third-order valence-corrected chi connectivity index (χ3v) is 1.90. The Morgan fingerprint density at radius 1 is 1.40 bits per heavy atom. The molecule has 60 valence electrons. The monoisotopic (exact) mass is 154 g/mol. The summed E-state index contributed by atoms with van der Waals surface area (Å²) in [5.74, 6) is 0.00613. The molecule has 4 heteroatoms.